The summed E-state index contributed by atoms with van der Waals surface area (Å²) in [5.74, 6) is -11.7. The van der Waals surface area contributed by atoms with Gasteiger partial charge in [0.1, 0.15) is 0 Å². The number of nitrogens with one attached hydrogen (secondary N) is 1. The van der Waals surface area contributed by atoms with Gasteiger partial charge in [0.15, 0.2) is 0 Å². The van der Waals surface area contributed by atoms with Gasteiger partial charge < -0.3 is 19.5 Å². The van der Waals surface area contributed by atoms with Gasteiger partial charge >= 0.3 is 35.2 Å². The molecule has 1 fully saturated rings. The van der Waals surface area contributed by atoms with Crippen molar-refractivity contribution in [2.45, 2.75) is 81.1 Å². The molecule has 0 aromatic heterocycles. The minimum atomic E-state index is -5.74. The molecule has 0 saturated heterocycles. The summed E-state index contributed by atoms with van der Waals surface area (Å²) in [6.45, 7) is -0.904. The van der Waals surface area contributed by atoms with Crippen molar-refractivity contribution in [3.63, 3.8) is 0 Å². The number of hydrogen-bond acceptors (Lipinski definition) is 7. The summed E-state index contributed by atoms with van der Waals surface area (Å²) in [6.07, 6.45) is -7.46. The van der Waals surface area contributed by atoms with Crippen molar-refractivity contribution in [1.29, 1.82) is 0 Å². The van der Waals surface area contributed by atoms with Gasteiger partial charge in [0.2, 0.25) is 10.7 Å². The second-order valence-electron chi connectivity index (χ2n) is 7.16. The van der Waals surface area contributed by atoms with E-state index in [9.17, 15) is 48.7 Å². The van der Waals surface area contributed by atoms with Crippen molar-refractivity contribution in [3.05, 3.63) is 0 Å². The van der Waals surface area contributed by atoms with Gasteiger partial charge in [-0.1, -0.05) is 19.3 Å². The number of alkyl carbamates (subject to hydrolysis) is 1. The molecule has 1 aliphatic carbocycles. The fraction of sp³-hybridized carbons (Fsp3) is 0.882. The number of amides is 1. The molecule has 0 heterocycles. The van der Waals surface area contributed by atoms with Crippen LogP contribution in [0.2, 0.25) is 0 Å². The SMILES string of the molecule is CCOC(=O)C(OCCCC(F)(F)C(F)(F)[SH](=O)=O)(OC(=O)NC1CCCCC1)C(F)(F)F. The summed E-state index contributed by atoms with van der Waals surface area (Å²) in [7, 11) is -4.89. The van der Waals surface area contributed by atoms with E-state index in [0.717, 1.165) is 13.3 Å². The molecule has 1 aliphatic rings. The molecule has 194 valence electrons. The number of hydrogen-bond donors (Lipinski definition) is 2. The van der Waals surface area contributed by atoms with Crippen LogP contribution in [0, 0.1) is 0 Å². The van der Waals surface area contributed by atoms with Crippen LogP contribution in [-0.2, 0) is 29.7 Å². The number of thiol groups is 1. The van der Waals surface area contributed by atoms with Crippen LogP contribution in [0.4, 0.5) is 35.5 Å². The molecule has 1 N–H and O–H groups in total. The van der Waals surface area contributed by atoms with Gasteiger partial charge in [0, 0.05) is 12.5 Å². The maximum Gasteiger partial charge on any atom is 0.468 e. The Balaban J connectivity index is 2.99. The Bertz CT molecular complexity index is 746. The number of carbonyl (C=O) groups excluding carboxylic acids is 2. The highest BCUT2D eigenvalue weighted by atomic mass is 32.2. The lowest BCUT2D eigenvalue weighted by Gasteiger charge is -2.33. The van der Waals surface area contributed by atoms with E-state index in [4.69, 9.17) is 0 Å². The fourth-order valence-corrected chi connectivity index (χ4v) is 3.36. The first-order chi connectivity index (χ1) is 15.1. The molecule has 0 aromatic carbocycles. The van der Waals surface area contributed by atoms with Crippen molar-refractivity contribution in [1.82, 2.24) is 5.32 Å². The molecule has 0 bridgehead atoms. The molecule has 1 atom stereocenters. The van der Waals surface area contributed by atoms with Gasteiger partial charge in [-0.3, -0.25) is 0 Å². The maximum absolute atomic E-state index is 13.8. The largest absolute Gasteiger partial charge is 0.468 e. The van der Waals surface area contributed by atoms with E-state index >= 15 is 0 Å². The number of carbonyl (C=O) groups is 2. The van der Waals surface area contributed by atoms with Crippen LogP contribution in [0.15, 0.2) is 0 Å². The predicted molar refractivity (Wildman–Crippen MR) is 97.3 cm³/mol. The zero-order valence-corrected chi connectivity index (χ0v) is 18.3. The van der Waals surface area contributed by atoms with Crippen LogP contribution in [-0.4, -0.2) is 62.9 Å². The van der Waals surface area contributed by atoms with E-state index in [-0.39, 0.29) is 0 Å². The van der Waals surface area contributed by atoms with Gasteiger partial charge in [-0.15, -0.1) is 0 Å². The summed E-state index contributed by atoms with van der Waals surface area (Å²) >= 11 is 0. The highest BCUT2D eigenvalue weighted by Gasteiger charge is 2.68. The molecular formula is C17H24F7NO7S. The van der Waals surface area contributed by atoms with Crippen LogP contribution >= 0.6 is 0 Å². The second-order valence-corrected chi connectivity index (χ2v) is 8.23. The van der Waals surface area contributed by atoms with Crippen molar-refractivity contribution in [3.8, 4) is 0 Å². The van der Waals surface area contributed by atoms with Crippen LogP contribution in [0.1, 0.15) is 51.9 Å². The van der Waals surface area contributed by atoms with E-state index in [0.29, 0.717) is 25.7 Å². The third-order valence-electron chi connectivity index (χ3n) is 4.69. The third-order valence-corrected chi connectivity index (χ3v) is 5.48. The van der Waals surface area contributed by atoms with Gasteiger partial charge in [0.25, 0.3) is 0 Å². The summed E-state index contributed by atoms with van der Waals surface area (Å²) in [5, 5.41) is -3.30. The molecule has 0 spiro atoms. The molecule has 8 nitrogen and oxygen atoms in total. The van der Waals surface area contributed by atoms with Crippen molar-refractivity contribution in [2.24, 2.45) is 0 Å². The third kappa shape index (κ3) is 7.32. The number of halogens is 7. The van der Waals surface area contributed by atoms with Crippen LogP contribution in [0.5, 0.6) is 0 Å². The Morgan fingerprint density at radius 3 is 2.06 bits per heavy atom. The monoisotopic (exact) mass is 519 g/mol. The Labute approximate surface area is 186 Å². The lowest BCUT2D eigenvalue weighted by atomic mass is 9.96. The van der Waals surface area contributed by atoms with E-state index in [1.54, 1.807) is 0 Å². The first-order valence-corrected chi connectivity index (χ1v) is 11.1. The predicted octanol–water partition coefficient (Wildman–Crippen LogP) is 3.50. The molecule has 0 aliphatic heterocycles. The first-order valence-electron chi connectivity index (χ1n) is 9.88. The van der Waals surface area contributed by atoms with Crippen LogP contribution in [0.25, 0.3) is 0 Å². The van der Waals surface area contributed by atoms with E-state index in [1.165, 1.54) is 0 Å². The maximum atomic E-state index is 13.8. The molecular weight excluding hydrogens is 495 g/mol. The number of alkyl halides is 7. The van der Waals surface area contributed by atoms with E-state index in [1.807, 2.05) is 0 Å². The summed E-state index contributed by atoms with van der Waals surface area (Å²) < 4.78 is 128. The zero-order chi connectivity index (χ0) is 25.5. The van der Waals surface area contributed by atoms with E-state index in [2.05, 4.69) is 19.5 Å². The average Bonchev–Trinajstić information content (AvgIpc) is 2.69. The van der Waals surface area contributed by atoms with Gasteiger partial charge in [-0.25, -0.2) is 18.0 Å². The lowest BCUT2D eigenvalue weighted by Crippen LogP contribution is -2.60. The second kappa shape index (κ2) is 11.5. The standard InChI is InChI=1S/C17H24F7NO7S/c1-2-30-12(26)15(16(20,21)22,32-13(27)25-11-7-4-3-5-8-11)31-10-6-9-14(18,19)17(23,24)33(28)29/h11,33H,2-10H2,1H3,(H,25,27). The average molecular weight is 519 g/mol. The van der Waals surface area contributed by atoms with E-state index < -0.39 is 78.0 Å². The van der Waals surface area contributed by atoms with Gasteiger partial charge in [-0.2, -0.15) is 30.7 Å². The summed E-state index contributed by atoms with van der Waals surface area (Å²) in [5.41, 5.74) is 0. The Morgan fingerprint density at radius 1 is 1.00 bits per heavy atom. The molecule has 1 rings (SSSR count). The summed E-state index contributed by atoms with van der Waals surface area (Å²) in [4.78, 5) is 24.1. The molecule has 1 saturated carbocycles. The summed E-state index contributed by atoms with van der Waals surface area (Å²) in [6, 6.07) is -0.533. The zero-order valence-electron chi connectivity index (χ0n) is 17.4. The topological polar surface area (TPSA) is 108 Å². The van der Waals surface area contributed by atoms with Crippen LogP contribution < -0.4 is 5.32 Å². The first kappa shape index (κ1) is 29.2. The Morgan fingerprint density at radius 2 is 1.58 bits per heavy atom. The fourth-order valence-electron chi connectivity index (χ4n) is 2.98. The number of rotatable bonds is 11. The minimum Gasteiger partial charge on any atom is -0.461 e. The normalized spacial score (nSPS) is 18.0. The van der Waals surface area contributed by atoms with Crippen molar-refractivity contribution in [2.75, 3.05) is 13.2 Å². The van der Waals surface area contributed by atoms with Gasteiger partial charge in [-0.05, 0) is 26.2 Å². The van der Waals surface area contributed by atoms with Crippen LogP contribution in [0.3, 0.4) is 0 Å². The van der Waals surface area contributed by atoms with Gasteiger partial charge in [0.05, 0.1) is 13.2 Å². The molecule has 0 radical (unpaired) electrons. The smallest absolute Gasteiger partial charge is 0.461 e. The molecule has 33 heavy (non-hydrogen) atoms. The quantitative estimate of drug-likeness (QED) is 0.141. The molecule has 1 unspecified atom stereocenters. The molecule has 16 heteroatoms. The molecule has 1 amide bonds. The highest BCUT2D eigenvalue weighted by molar-refractivity contribution is 7.73. The number of ether oxygens (including phenoxy) is 3. The van der Waals surface area contributed by atoms with Crippen molar-refractivity contribution < 1.29 is 63.0 Å². The highest BCUT2D eigenvalue weighted by Crippen LogP contribution is 2.40. The Kier molecular flexibility index (Phi) is 10.2. The Hall–Kier alpha value is -1.84. The minimum absolute atomic E-state index is 0.444. The lowest BCUT2D eigenvalue weighted by molar-refractivity contribution is -0.350. The number of esters is 1. The molecule has 0 aromatic rings. The van der Waals surface area contributed by atoms with Crippen molar-refractivity contribution >= 4 is 22.8 Å².